The molecule has 0 saturated heterocycles. The van der Waals surface area contributed by atoms with Crippen LogP contribution in [0.2, 0.25) is 0 Å². The average molecular weight is 273 g/mol. The fourth-order valence-electron chi connectivity index (χ4n) is 1.20. The van der Waals surface area contributed by atoms with E-state index in [2.05, 4.69) is 5.32 Å². The maximum absolute atomic E-state index is 11.4. The van der Waals surface area contributed by atoms with Crippen molar-refractivity contribution in [1.82, 2.24) is 0 Å². The number of hydrogen-bond donors (Lipinski definition) is 3. The quantitative estimate of drug-likeness (QED) is 0.588. The van der Waals surface area contributed by atoms with E-state index in [0.717, 1.165) is 0 Å². The molecule has 1 amide bonds. The Morgan fingerprint density at radius 3 is 2.72 bits per heavy atom. The molecule has 1 aromatic carbocycles. The van der Waals surface area contributed by atoms with Crippen LogP contribution in [0.3, 0.4) is 0 Å². The van der Waals surface area contributed by atoms with Crippen LogP contribution in [0.4, 0.5) is 5.69 Å². The molecule has 0 aromatic heterocycles. The first-order valence-electron chi connectivity index (χ1n) is 5.14. The van der Waals surface area contributed by atoms with Crippen molar-refractivity contribution in [2.24, 2.45) is 10.9 Å². The number of benzene rings is 1. The summed E-state index contributed by atoms with van der Waals surface area (Å²) in [5, 5.41) is 7.46. The Labute approximate surface area is 105 Å². The van der Waals surface area contributed by atoms with Gasteiger partial charge >= 0.3 is 0 Å². The maximum atomic E-state index is 11.4. The molecule has 18 heavy (non-hydrogen) atoms. The third-order valence-corrected chi connectivity index (χ3v) is 2.85. The van der Waals surface area contributed by atoms with Gasteiger partial charge in [0.2, 0.25) is 15.9 Å². The number of nitrogens with two attached hydrogens (primary N) is 2. The van der Waals surface area contributed by atoms with E-state index < -0.39 is 15.9 Å². The zero-order valence-electron chi connectivity index (χ0n) is 9.63. The molecule has 100 valence electrons. The number of rotatable bonds is 6. The molecule has 0 aliphatic rings. The molecule has 1 rings (SSSR count). The number of carbonyl (C=O) groups is 1. The zero-order valence-corrected chi connectivity index (χ0v) is 10.4. The Hall–Kier alpha value is -1.48. The summed E-state index contributed by atoms with van der Waals surface area (Å²) in [5.41, 5.74) is 5.53. The minimum absolute atomic E-state index is 0.0665. The maximum Gasteiger partial charge on any atom is 0.250 e. The van der Waals surface area contributed by atoms with Crippen molar-refractivity contribution in [2.45, 2.75) is 4.90 Å². The highest BCUT2D eigenvalue weighted by molar-refractivity contribution is 7.89. The molecule has 7 nitrogen and oxygen atoms in total. The largest absolute Gasteiger partial charge is 0.370 e. The molecule has 0 bridgehead atoms. The lowest BCUT2D eigenvalue weighted by molar-refractivity contribution is -0.120. The lowest BCUT2D eigenvalue weighted by Gasteiger charge is -2.06. The number of sulfonamides is 1. The van der Waals surface area contributed by atoms with Crippen LogP contribution < -0.4 is 16.2 Å². The monoisotopic (exact) mass is 273 g/mol. The Kier molecular flexibility index (Phi) is 5.23. The fourth-order valence-corrected chi connectivity index (χ4v) is 1.76. The summed E-state index contributed by atoms with van der Waals surface area (Å²) in [5.74, 6) is -0.394. The van der Waals surface area contributed by atoms with E-state index in [4.69, 9.17) is 15.6 Å². The Bertz CT molecular complexity index is 516. The second-order valence-electron chi connectivity index (χ2n) is 3.46. The molecule has 8 heteroatoms. The van der Waals surface area contributed by atoms with Gasteiger partial charge in [-0.1, -0.05) is 6.07 Å². The zero-order chi connectivity index (χ0) is 13.6. The molecule has 0 spiro atoms. The number of anilines is 1. The number of hydrogen-bond acceptors (Lipinski definition) is 5. The van der Waals surface area contributed by atoms with E-state index in [-0.39, 0.29) is 18.1 Å². The van der Waals surface area contributed by atoms with Gasteiger partial charge in [-0.05, 0) is 18.2 Å². The lowest BCUT2D eigenvalue weighted by Crippen LogP contribution is -2.21. The van der Waals surface area contributed by atoms with Crippen LogP contribution >= 0.6 is 0 Å². The van der Waals surface area contributed by atoms with Crippen molar-refractivity contribution >= 4 is 21.6 Å². The second-order valence-corrected chi connectivity index (χ2v) is 5.02. The first kappa shape index (κ1) is 14.6. The van der Waals surface area contributed by atoms with Gasteiger partial charge in [-0.25, -0.2) is 13.6 Å². The minimum atomic E-state index is -3.78. The van der Waals surface area contributed by atoms with Crippen molar-refractivity contribution in [1.29, 1.82) is 0 Å². The van der Waals surface area contributed by atoms with E-state index in [1.54, 1.807) is 6.07 Å². The molecule has 0 atom stereocenters. The normalized spacial score (nSPS) is 11.2. The van der Waals surface area contributed by atoms with Gasteiger partial charge in [0, 0.05) is 12.2 Å². The standard InChI is InChI=1S/C10H15N3O4S/c11-4-5-17-7-10(14)13-8-2-1-3-9(6-8)18(12,15)16/h1-3,6H,4-5,7,11H2,(H,13,14)(H2,12,15,16). The number of amides is 1. The van der Waals surface area contributed by atoms with E-state index in [1.165, 1.54) is 18.2 Å². The predicted octanol–water partition coefficient (Wildman–Crippen LogP) is -0.752. The first-order chi connectivity index (χ1) is 8.43. The molecule has 1 aromatic rings. The fraction of sp³-hybridized carbons (Fsp3) is 0.300. The highest BCUT2D eigenvalue weighted by Gasteiger charge is 2.09. The summed E-state index contributed by atoms with van der Waals surface area (Å²) in [4.78, 5) is 11.3. The van der Waals surface area contributed by atoms with E-state index in [1.807, 2.05) is 0 Å². The molecule has 0 aliphatic carbocycles. The Morgan fingerprint density at radius 2 is 2.11 bits per heavy atom. The summed E-state index contributed by atoms with van der Waals surface area (Å²) >= 11 is 0. The van der Waals surface area contributed by atoms with Crippen LogP contribution in [0.1, 0.15) is 0 Å². The van der Waals surface area contributed by atoms with Gasteiger partial charge < -0.3 is 15.8 Å². The van der Waals surface area contributed by atoms with Crippen LogP contribution in [0.5, 0.6) is 0 Å². The number of primary sulfonamides is 1. The van der Waals surface area contributed by atoms with Gasteiger partial charge in [0.25, 0.3) is 0 Å². The van der Waals surface area contributed by atoms with Gasteiger partial charge in [-0.15, -0.1) is 0 Å². The van der Waals surface area contributed by atoms with Crippen molar-refractivity contribution in [3.05, 3.63) is 24.3 Å². The van der Waals surface area contributed by atoms with Crippen LogP contribution in [0, 0.1) is 0 Å². The summed E-state index contributed by atoms with van der Waals surface area (Å²) in [6, 6.07) is 5.65. The molecule has 0 radical (unpaired) electrons. The first-order valence-corrected chi connectivity index (χ1v) is 6.68. The summed E-state index contributed by atoms with van der Waals surface area (Å²) in [7, 11) is -3.78. The lowest BCUT2D eigenvalue weighted by atomic mass is 10.3. The second kappa shape index (κ2) is 6.45. The topological polar surface area (TPSA) is 125 Å². The molecule has 5 N–H and O–H groups in total. The highest BCUT2D eigenvalue weighted by atomic mass is 32.2. The Morgan fingerprint density at radius 1 is 1.39 bits per heavy atom. The van der Waals surface area contributed by atoms with Gasteiger partial charge in [0.15, 0.2) is 0 Å². The Balaban J connectivity index is 2.65. The van der Waals surface area contributed by atoms with Crippen molar-refractivity contribution < 1.29 is 17.9 Å². The van der Waals surface area contributed by atoms with E-state index in [9.17, 15) is 13.2 Å². The minimum Gasteiger partial charge on any atom is -0.370 e. The third kappa shape index (κ3) is 4.80. The van der Waals surface area contributed by atoms with Crippen LogP contribution in [-0.4, -0.2) is 34.1 Å². The van der Waals surface area contributed by atoms with Gasteiger partial charge in [-0.3, -0.25) is 4.79 Å². The molecule has 0 unspecified atom stereocenters. The van der Waals surface area contributed by atoms with Gasteiger partial charge in [0.05, 0.1) is 11.5 Å². The van der Waals surface area contributed by atoms with Crippen molar-refractivity contribution in [3.8, 4) is 0 Å². The third-order valence-electron chi connectivity index (χ3n) is 1.94. The summed E-state index contributed by atoms with van der Waals surface area (Å²) < 4.78 is 27.2. The van der Waals surface area contributed by atoms with Crippen molar-refractivity contribution in [3.63, 3.8) is 0 Å². The highest BCUT2D eigenvalue weighted by Crippen LogP contribution is 2.13. The van der Waals surface area contributed by atoms with E-state index in [0.29, 0.717) is 12.2 Å². The molecular formula is C10H15N3O4S. The van der Waals surface area contributed by atoms with Crippen LogP contribution in [-0.2, 0) is 19.6 Å². The van der Waals surface area contributed by atoms with Crippen molar-refractivity contribution in [2.75, 3.05) is 25.1 Å². The predicted molar refractivity (Wildman–Crippen MR) is 66.3 cm³/mol. The summed E-state index contributed by atoms with van der Waals surface area (Å²) in [6.07, 6.45) is 0. The van der Waals surface area contributed by atoms with Gasteiger partial charge in [-0.2, -0.15) is 0 Å². The SMILES string of the molecule is NCCOCC(=O)Nc1cccc(S(N)(=O)=O)c1. The number of carbonyl (C=O) groups excluding carboxylic acids is 1. The van der Waals surface area contributed by atoms with Crippen LogP contribution in [0.25, 0.3) is 0 Å². The average Bonchev–Trinajstić information content (AvgIpc) is 2.28. The molecular weight excluding hydrogens is 258 g/mol. The molecule has 0 fully saturated rings. The summed E-state index contributed by atoms with van der Waals surface area (Å²) in [6.45, 7) is 0.468. The van der Waals surface area contributed by atoms with E-state index >= 15 is 0 Å². The smallest absolute Gasteiger partial charge is 0.250 e. The molecule has 0 aliphatic heterocycles. The molecule has 0 saturated carbocycles. The number of ether oxygens (including phenoxy) is 1. The molecule has 0 heterocycles. The number of nitrogens with one attached hydrogen (secondary N) is 1. The van der Waals surface area contributed by atoms with Gasteiger partial charge in [0.1, 0.15) is 6.61 Å². The van der Waals surface area contributed by atoms with Crippen LogP contribution in [0.15, 0.2) is 29.2 Å².